The fourth-order valence-corrected chi connectivity index (χ4v) is 0.983. The molecule has 0 aliphatic carbocycles. The third-order valence-electron chi connectivity index (χ3n) is 1.53. The Hall–Kier alpha value is -1.39. The number of tetrazole rings is 1. The normalized spacial score (nSPS) is 11.5. The topological polar surface area (TPSA) is 48.0 Å². The number of hydrogen-bond acceptors (Lipinski definition) is 3. The lowest BCUT2D eigenvalue weighted by atomic mass is 10.4. The standard InChI is InChI=1S/C6H9N4O/c1-5(2)10-6-3-11-4-9(6)7-8-10/h3-5H,1-2H3/q+1. The van der Waals surface area contributed by atoms with Crippen LogP contribution in [0.1, 0.15) is 19.9 Å². The highest BCUT2D eigenvalue weighted by atomic mass is 16.3. The van der Waals surface area contributed by atoms with Gasteiger partial charge in [0.1, 0.15) is 11.3 Å². The zero-order valence-electron chi connectivity index (χ0n) is 6.43. The van der Waals surface area contributed by atoms with E-state index in [0.717, 1.165) is 5.65 Å². The molecule has 0 unspecified atom stereocenters. The second kappa shape index (κ2) is 2.05. The summed E-state index contributed by atoms with van der Waals surface area (Å²) < 4.78 is 8.33. The van der Waals surface area contributed by atoms with Crippen LogP contribution in [0.25, 0.3) is 5.65 Å². The quantitative estimate of drug-likeness (QED) is 0.549. The van der Waals surface area contributed by atoms with Crippen molar-refractivity contribution in [1.29, 1.82) is 0 Å². The van der Waals surface area contributed by atoms with Crippen LogP contribution in [0.15, 0.2) is 17.1 Å². The van der Waals surface area contributed by atoms with Gasteiger partial charge >= 0.3 is 5.65 Å². The minimum atomic E-state index is 0.310. The highest BCUT2D eigenvalue weighted by molar-refractivity contribution is 5.21. The first-order valence-electron chi connectivity index (χ1n) is 3.48. The molecule has 0 bridgehead atoms. The number of nitrogens with zero attached hydrogens (tertiary/aromatic N) is 4. The molecular weight excluding hydrogens is 144 g/mol. The van der Waals surface area contributed by atoms with Gasteiger partial charge in [-0.25, -0.2) is 0 Å². The molecule has 0 aliphatic rings. The van der Waals surface area contributed by atoms with Crippen molar-refractivity contribution < 1.29 is 8.93 Å². The number of aromatic nitrogens is 4. The van der Waals surface area contributed by atoms with Crippen molar-refractivity contribution in [2.45, 2.75) is 19.9 Å². The Morgan fingerprint density at radius 1 is 1.64 bits per heavy atom. The highest BCUT2D eigenvalue weighted by Gasteiger charge is 2.16. The Bertz CT molecular complexity index is 361. The summed E-state index contributed by atoms with van der Waals surface area (Å²) in [4.78, 5) is 0. The van der Waals surface area contributed by atoms with E-state index in [1.807, 2.05) is 13.8 Å². The van der Waals surface area contributed by atoms with Gasteiger partial charge in [0, 0.05) is 0 Å². The van der Waals surface area contributed by atoms with E-state index >= 15 is 0 Å². The minimum absolute atomic E-state index is 0.310. The number of oxazole rings is 1. The van der Waals surface area contributed by atoms with Crippen LogP contribution >= 0.6 is 0 Å². The molecule has 0 saturated heterocycles. The summed E-state index contributed by atoms with van der Waals surface area (Å²) in [5.74, 6) is 0. The van der Waals surface area contributed by atoms with E-state index in [0.29, 0.717) is 6.04 Å². The molecule has 11 heavy (non-hydrogen) atoms. The number of hydrogen-bond donors (Lipinski definition) is 0. The number of rotatable bonds is 1. The van der Waals surface area contributed by atoms with Crippen molar-refractivity contribution in [3.8, 4) is 0 Å². The van der Waals surface area contributed by atoms with Gasteiger partial charge in [-0.2, -0.15) is 0 Å². The Morgan fingerprint density at radius 2 is 2.45 bits per heavy atom. The molecular formula is C6H9N4O+. The molecule has 58 valence electrons. The molecule has 5 heteroatoms. The summed E-state index contributed by atoms with van der Waals surface area (Å²) in [6, 6.07) is 0.310. The highest BCUT2D eigenvalue weighted by Crippen LogP contribution is 2.03. The summed E-state index contributed by atoms with van der Waals surface area (Å²) in [7, 11) is 0. The van der Waals surface area contributed by atoms with Crippen molar-refractivity contribution in [3.63, 3.8) is 0 Å². The summed E-state index contributed by atoms with van der Waals surface area (Å²) >= 11 is 0. The van der Waals surface area contributed by atoms with Gasteiger partial charge in [-0.1, -0.05) is 9.20 Å². The molecule has 2 aromatic heterocycles. The summed E-state index contributed by atoms with van der Waals surface area (Å²) in [6.07, 6.45) is 3.14. The van der Waals surface area contributed by atoms with E-state index < -0.39 is 0 Å². The molecule has 0 amide bonds. The summed E-state index contributed by atoms with van der Waals surface area (Å²) in [5.41, 5.74) is 0.875. The van der Waals surface area contributed by atoms with Crippen LogP contribution in [0.2, 0.25) is 0 Å². The monoisotopic (exact) mass is 153 g/mol. The van der Waals surface area contributed by atoms with Crippen molar-refractivity contribution in [2.24, 2.45) is 0 Å². The zero-order valence-corrected chi connectivity index (χ0v) is 6.43. The second-order valence-corrected chi connectivity index (χ2v) is 2.68. The van der Waals surface area contributed by atoms with Crippen LogP contribution in [-0.4, -0.2) is 15.1 Å². The van der Waals surface area contributed by atoms with Crippen molar-refractivity contribution in [1.82, 2.24) is 15.1 Å². The summed E-state index contributed by atoms with van der Waals surface area (Å²) in [5, 5.41) is 7.76. The summed E-state index contributed by atoms with van der Waals surface area (Å²) in [6.45, 7) is 4.09. The average Bonchev–Trinajstić information content (AvgIpc) is 2.41. The molecule has 2 aromatic rings. The van der Waals surface area contributed by atoms with Crippen LogP contribution in [0.3, 0.4) is 0 Å². The Kier molecular flexibility index (Phi) is 1.18. The maximum absolute atomic E-state index is 4.94. The Balaban J connectivity index is 2.68. The van der Waals surface area contributed by atoms with Crippen LogP contribution < -0.4 is 4.52 Å². The van der Waals surface area contributed by atoms with Crippen LogP contribution in [0.4, 0.5) is 0 Å². The predicted octanol–water partition coefficient (Wildman–Crippen LogP) is 0.191. The van der Waals surface area contributed by atoms with Gasteiger partial charge in [0.15, 0.2) is 11.5 Å². The van der Waals surface area contributed by atoms with Crippen molar-refractivity contribution >= 4 is 5.65 Å². The zero-order chi connectivity index (χ0) is 7.84. The molecule has 2 heterocycles. The van der Waals surface area contributed by atoms with Gasteiger partial charge in [-0.15, -0.1) is 0 Å². The van der Waals surface area contributed by atoms with E-state index in [-0.39, 0.29) is 0 Å². The average molecular weight is 153 g/mol. The first kappa shape index (κ1) is 6.33. The smallest absolute Gasteiger partial charge is 0.324 e. The molecule has 2 rings (SSSR count). The fraction of sp³-hybridized carbons (Fsp3) is 0.500. The van der Waals surface area contributed by atoms with Gasteiger partial charge < -0.3 is 4.42 Å². The maximum atomic E-state index is 4.94. The Morgan fingerprint density at radius 3 is 3.18 bits per heavy atom. The van der Waals surface area contributed by atoms with Crippen LogP contribution in [-0.2, 0) is 0 Å². The van der Waals surface area contributed by atoms with Gasteiger partial charge in [0.05, 0.1) is 0 Å². The molecule has 5 nitrogen and oxygen atoms in total. The van der Waals surface area contributed by atoms with Gasteiger partial charge in [0.2, 0.25) is 6.39 Å². The van der Waals surface area contributed by atoms with E-state index in [4.69, 9.17) is 4.42 Å². The first-order valence-corrected chi connectivity index (χ1v) is 3.48. The van der Waals surface area contributed by atoms with E-state index in [1.54, 1.807) is 15.5 Å². The lowest BCUT2D eigenvalue weighted by molar-refractivity contribution is -0.587. The molecule has 0 spiro atoms. The van der Waals surface area contributed by atoms with Crippen LogP contribution in [0, 0.1) is 0 Å². The van der Waals surface area contributed by atoms with Gasteiger partial charge in [0.25, 0.3) is 0 Å². The fourth-order valence-electron chi connectivity index (χ4n) is 0.983. The lowest BCUT2D eigenvalue weighted by Crippen LogP contribution is -2.19. The van der Waals surface area contributed by atoms with Gasteiger partial charge in [-0.05, 0) is 13.8 Å². The van der Waals surface area contributed by atoms with E-state index in [9.17, 15) is 0 Å². The molecule has 0 fully saturated rings. The SMILES string of the molecule is CC(C)n1nn[n+]2cocc12. The van der Waals surface area contributed by atoms with Crippen LogP contribution in [0.5, 0.6) is 0 Å². The third kappa shape index (κ3) is 0.806. The molecule has 0 atom stereocenters. The Labute approximate surface area is 63.2 Å². The molecule has 0 N–H and O–H groups in total. The number of fused-ring (bicyclic) bond motifs is 1. The van der Waals surface area contributed by atoms with E-state index in [1.165, 1.54) is 6.39 Å². The molecule has 0 saturated carbocycles. The van der Waals surface area contributed by atoms with Crippen molar-refractivity contribution in [3.05, 3.63) is 12.7 Å². The minimum Gasteiger partial charge on any atom is -0.433 e. The first-order chi connectivity index (χ1) is 5.29. The third-order valence-corrected chi connectivity index (χ3v) is 1.53. The molecule has 0 aromatic carbocycles. The lowest BCUT2D eigenvalue weighted by Gasteiger charge is -1.91. The molecule has 0 radical (unpaired) electrons. The largest absolute Gasteiger partial charge is 0.433 e. The van der Waals surface area contributed by atoms with E-state index in [2.05, 4.69) is 10.4 Å². The molecule has 0 aliphatic heterocycles. The van der Waals surface area contributed by atoms with Crippen molar-refractivity contribution in [2.75, 3.05) is 0 Å². The predicted molar refractivity (Wildman–Crippen MR) is 35.8 cm³/mol. The maximum Gasteiger partial charge on any atom is 0.324 e. The van der Waals surface area contributed by atoms with Gasteiger partial charge in [-0.3, -0.25) is 0 Å². The second-order valence-electron chi connectivity index (χ2n) is 2.68.